The molecule has 1 radical (unpaired) electrons. The topological polar surface area (TPSA) is 20.2 Å². The van der Waals surface area contributed by atoms with Crippen molar-refractivity contribution in [2.75, 3.05) is 0 Å². The molecule has 3 heteroatoms. The molecule has 57 valence electrons. The summed E-state index contributed by atoms with van der Waals surface area (Å²) in [5, 5.41) is 8.62. The second kappa shape index (κ2) is 4.90. The molecular weight excluding hydrogens is 239 g/mol. The summed E-state index contributed by atoms with van der Waals surface area (Å²) < 4.78 is 0.953. The maximum Gasteiger partial charge on any atom is 0.0239 e. The van der Waals surface area contributed by atoms with Gasteiger partial charge in [-0.25, -0.2) is 0 Å². The van der Waals surface area contributed by atoms with Gasteiger partial charge in [0.05, 0.1) is 0 Å². The van der Waals surface area contributed by atoms with Crippen molar-refractivity contribution >= 4 is 15.9 Å². The molecule has 1 nitrogen and oxygen atoms in total. The van der Waals surface area contributed by atoms with Gasteiger partial charge in [-0.2, -0.15) is 24.3 Å². The summed E-state index contributed by atoms with van der Waals surface area (Å²) in [5.41, 5.74) is 0.879. The Morgan fingerprint density at radius 3 is 2.60 bits per heavy atom. The van der Waals surface area contributed by atoms with Crippen LogP contribution in [0.15, 0.2) is 22.7 Å². The van der Waals surface area contributed by atoms with Crippen molar-refractivity contribution in [1.82, 2.24) is 0 Å². The van der Waals surface area contributed by atoms with Gasteiger partial charge in [0.25, 0.3) is 0 Å². The Morgan fingerprint density at radius 2 is 2.20 bits per heavy atom. The third-order valence-electron chi connectivity index (χ3n) is 0.996. The Balaban J connectivity index is 0.000000810. The van der Waals surface area contributed by atoms with Crippen LogP contribution in [-0.4, -0.2) is 5.11 Å². The van der Waals surface area contributed by atoms with Crippen LogP contribution in [0.5, 0.6) is 0 Å². The summed E-state index contributed by atoms with van der Waals surface area (Å²) in [6.45, 7) is 0.0793. The number of aliphatic hydroxyl groups is 1. The normalized spacial score (nSPS) is 8.60. The van der Waals surface area contributed by atoms with Crippen LogP contribution in [0.3, 0.4) is 0 Å². The predicted molar refractivity (Wildman–Crippen MR) is 38.9 cm³/mol. The van der Waals surface area contributed by atoms with Gasteiger partial charge in [0, 0.05) is 23.4 Å². The Hall–Kier alpha value is 0.166. The van der Waals surface area contributed by atoms with E-state index in [0.29, 0.717) is 0 Å². The molecular formula is C7H6BrCoO-. The zero-order valence-corrected chi connectivity index (χ0v) is 7.72. The fourth-order valence-electron chi connectivity index (χ4n) is 0.580. The first kappa shape index (κ1) is 10.2. The van der Waals surface area contributed by atoms with E-state index in [4.69, 9.17) is 5.11 Å². The second-order valence-electron chi connectivity index (χ2n) is 1.72. The number of aliphatic hydroxyl groups excluding tert-OH is 1. The van der Waals surface area contributed by atoms with Crippen molar-refractivity contribution in [1.29, 1.82) is 0 Å². The van der Waals surface area contributed by atoms with Crippen molar-refractivity contribution in [2.45, 2.75) is 6.61 Å². The molecule has 1 N–H and O–H groups in total. The fraction of sp³-hybridized carbons (Fsp3) is 0.143. The van der Waals surface area contributed by atoms with Crippen molar-refractivity contribution in [2.24, 2.45) is 0 Å². The first-order valence-electron chi connectivity index (χ1n) is 2.59. The summed E-state index contributed by atoms with van der Waals surface area (Å²) >= 11 is 3.26. The number of halogens is 1. The van der Waals surface area contributed by atoms with Crippen LogP contribution in [0.2, 0.25) is 0 Å². The van der Waals surface area contributed by atoms with Crippen LogP contribution in [0.1, 0.15) is 5.56 Å². The van der Waals surface area contributed by atoms with Crippen molar-refractivity contribution < 1.29 is 21.9 Å². The fourth-order valence-corrected chi connectivity index (χ4v) is 1.01. The summed E-state index contributed by atoms with van der Waals surface area (Å²) in [6.07, 6.45) is 0. The molecule has 0 atom stereocenters. The van der Waals surface area contributed by atoms with Crippen molar-refractivity contribution in [3.8, 4) is 0 Å². The molecule has 0 aliphatic heterocycles. The number of benzene rings is 1. The van der Waals surface area contributed by atoms with E-state index >= 15 is 0 Å². The molecule has 0 saturated carbocycles. The summed E-state index contributed by atoms with van der Waals surface area (Å²) in [7, 11) is 0. The largest absolute Gasteiger partial charge is 0.404 e. The number of hydrogen-bond donors (Lipinski definition) is 1. The van der Waals surface area contributed by atoms with Gasteiger partial charge >= 0.3 is 0 Å². The Bertz CT molecular complexity index is 203. The molecule has 0 spiro atoms. The first-order valence-corrected chi connectivity index (χ1v) is 3.38. The monoisotopic (exact) mass is 244 g/mol. The van der Waals surface area contributed by atoms with Crippen LogP contribution in [0, 0.1) is 6.07 Å². The Kier molecular flexibility index (Phi) is 4.98. The molecule has 1 aromatic rings. The van der Waals surface area contributed by atoms with Crippen LogP contribution >= 0.6 is 15.9 Å². The molecule has 0 amide bonds. The third-order valence-corrected chi connectivity index (χ3v) is 1.45. The minimum atomic E-state index is 0. The Labute approximate surface area is 78.8 Å². The van der Waals surface area contributed by atoms with Gasteiger partial charge in [0.1, 0.15) is 0 Å². The van der Waals surface area contributed by atoms with E-state index in [1.807, 2.05) is 6.07 Å². The maximum absolute atomic E-state index is 8.62. The molecule has 0 bridgehead atoms. The van der Waals surface area contributed by atoms with Gasteiger partial charge in [-0.1, -0.05) is 4.47 Å². The van der Waals surface area contributed by atoms with Gasteiger partial charge < -0.3 is 5.11 Å². The van der Waals surface area contributed by atoms with Gasteiger partial charge in [-0.05, 0) is 0 Å². The zero-order valence-electron chi connectivity index (χ0n) is 5.10. The van der Waals surface area contributed by atoms with E-state index < -0.39 is 0 Å². The van der Waals surface area contributed by atoms with Gasteiger partial charge in [0.2, 0.25) is 0 Å². The molecule has 0 aliphatic rings. The van der Waals surface area contributed by atoms with E-state index in [-0.39, 0.29) is 23.4 Å². The Morgan fingerprint density at radius 1 is 1.50 bits per heavy atom. The summed E-state index contributed by atoms with van der Waals surface area (Å²) in [6, 6.07) is 8.29. The van der Waals surface area contributed by atoms with Gasteiger partial charge in [0.15, 0.2) is 0 Å². The number of hydrogen-bond acceptors (Lipinski definition) is 1. The van der Waals surface area contributed by atoms with Crippen molar-refractivity contribution in [3.63, 3.8) is 0 Å². The molecule has 0 saturated heterocycles. The first-order chi connectivity index (χ1) is 4.33. The van der Waals surface area contributed by atoms with Crippen LogP contribution in [0.25, 0.3) is 0 Å². The SMILES string of the molecule is OCc1c[c-]cc(Br)c1.[Co]. The van der Waals surface area contributed by atoms with E-state index in [1.165, 1.54) is 0 Å². The molecule has 0 heterocycles. The van der Waals surface area contributed by atoms with E-state index in [2.05, 4.69) is 22.0 Å². The van der Waals surface area contributed by atoms with E-state index in [0.717, 1.165) is 10.0 Å². The molecule has 1 aromatic carbocycles. The quantitative estimate of drug-likeness (QED) is 0.747. The summed E-state index contributed by atoms with van der Waals surface area (Å²) in [4.78, 5) is 0. The van der Waals surface area contributed by atoms with Gasteiger partial charge in [-0.3, -0.25) is 0 Å². The molecule has 0 unspecified atom stereocenters. The zero-order chi connectivity index (χ0) is 6.69. The molecule has 0 aliphatic carbocycles. The van der Waals surface area contributed by atoms with Crippen LogP contribution in [-0.2, 0) is 23.4 Å². The predicted octanol–water partition coefficient (Wildman–Crippen LogP) is 1.74. The molecule has 1 rings (SSSR count). The smallest absolute Gasteiger partial charge is 0.0239 e. The minimum Gasteiger partial charge on any atom is -0.404 e. The number of rotatable bonds is 1. The standard InChI is InChI=1S/C7H6BrO.Co/c8-7-3-1-2-6(4-7)5-9;/h2-4,9H,5H2;/q-1;. The van der Waals surface area contributed by atoms with E-state index in [1.54, 1.807) is 12.1 Å². The average molecular weight is 245 g/mol. The molecule has 10 heavy (non-hydrogen) atoms. The second-order valence-corrected chi connectivity index (χ2v) is 2.63. The van der Waals surface area contributed by atoms with Crippen LogP contribution in [0.4, 0.5) is 0 Å². The summed E-state index contributed by atoms with van der Waals surface area (Å²) in [5.74, 6) is 0. The van der Waals surface area contributed by atoms with E-state index in [9.17, 15) is 0 Å². The maximum atomic E-state index is 8.62. The van der Waals surface area contributed by atoms with Gasteiger partial charge in [-0.15, -0.1) is 21.5 Å². The third kappa shape index (κ3) is 2.83. The molecule has 0 aromatic heterocycles. The van der Waals surface area contributed by atoms with Crippen LogP contribution < -0.4 is 0 Å². The minimum absolute atomic E-state index is 0. The molecule has 0 fully saturated rings. The van der Waals surface area contributed by atoms with Crippen molar-refractivity contribution in [3.05, 3.63) is 34.3 Å². The average Bonchev–Trinajstić information content (AvgIpc) is 1.88.